The van der Waals surface area contributed by atoms with E-state index < -0.39 is 0 Å². The van der Waals surface area contributed by atoms with Gasteiger partial charge in [-0.3, -0.25) is 0 Å². The molecule has 0 aliphatic rings. The van der Waals surface area contributed by atoms with Gasteiger partial charge in [-0.25, -0.2) is 14.6 Å². The van der Waals surface area contributed by atoms with Crippen LogP contribution in [0.5, 0.6) is 0 Å². The van der Waals surface area contributed by atoms with Crippen LogP contribution in [0, 0.1) is 0 Å². The van der Waals surface area contributed by atoms with E-state index in [1.807, 2.05) is 50.2 Å². The molecule has 1 aromatic carbocycles. The van der Waals surface area contributed by atoms with Crippen molar-refractivity contribution in [2.45, 2.75) is 30.1 Å². The third-order valence-corrected chi connectivity index (χ3v) is 3.70. The van der Waals surface area contributed by atoms with Crippen LogP contribution in [-0.2, 0) is 0 Å². The highest BCUT2D eigenvalue weighted by atomic mass is 32.2. The van der Waals surface area contributed by atoms with Gasteiger partial charge in [0.2, 0.25) is 5.16 Å². The van der Waals surface area contributed by atoms with Crippen LogP contribution in [0.4, 0.5) is 0 Å². The summed E-state index contributed by atoms with van der Waals surface area (Å²) in [5.74, 6) is 0.698. The maximum absolute atomic E-state index is 4.56. The fraction of sp³-hybridized carbons (Fsp3) is 0.214. The van der Waals surface area contributed by atoms with Crippen LogP contribution >= 0.6 is 11.8 Å². The van der Waals surface area contributed by atoms with Crippen molar-refractivity contribution in [1.29, 1.82) is 0 Å². The third kappa shape index (κ3) is 3.08. The van der Waals surface area contributed by atoms with Gasteiger partial charge in [0, 0.05) is 11.8 Å². The normalized spacial score (nSPS) is 11.0. The van der Waals surface area contributed by atoms with Crippen LogP contribution in [0.2, 0.25) is 0 Å². The molecule has 3 aromatic rings. The fourth-order valence-corrected chi connectivity index (χ4v) is 2.66. The Morgan fingerprint density at radius 1 is 1.10 bits per heavy atom. The molecule has 0 bridgehead atoms. The molecule has 6 nitrogen and oxygen atoms in total. The Hall–Kier alpha value is -2.28. The van der Waals surface area contributed by atoms with Gasteiger partial charge in [-0.2, -0.15) is 0 Å². The van der Waals surface area contributed by atoms with Crippen LogP contribution < -0.4 is 0 Å². The minimum Gasteiger partial charge on any atom is -0.237 e. The van der Waals surface area contributed by atoms with Crippen molar-refractivity contribution in [1.82, 2.24) is 30.2 Å². The first kappa shape index (κ1) is 13.7. The lowest BCUT2D eigenvalue weighted by Gasteiger charge is -2.07. The fourth-order valence-electron chi connectivity index (χ4n) is 1.80. The first-order valence-corrected chi connectivity index (χ1v) is 7.40. The average Bonchev–Trinajstić information content (AvgIpc) is 2.97. The monoisotopic (exact) mass is 298 g/mol. The first-order valence-electron chi connectivity index (χ1n) is 6.58. The van der Waals surface area contributed by atoms with Gasteiger partial charge in [0.05, 0.1) is 6.04 Å². The van der Waals surface area contributed by atoms with E-state index in [4.69, 9.17) is 0 Å². The summed E-state index contributed by atoms with van der Waals surface area (Å²) in [4.78, 5) is 8.87. The molecule has 0 saturated heterocycles. The molecule has 0 N–H and O–H groups in total. The van der Waals surface area contributed by atoms with E-state index >= 15 is 0 Å². The van der Waals surface area contributed by atoms with Gasteiger partial charge in [-0.1, -0.05) is 30.3 Å². The summed E-state index contributed by atoms with van der Waals surface area (Å²) in [5, 5.41) is 13.3. The number of hydrogen-bond acceptors (Lipinski definition) is 6. The van der Waals surface area contributed by atoms with Crippen molar-refractivity contribution in [3.8, 4) is 11.4 Å². The quantitative estimate of drug-likeness (QED) is 0.690. The molecule has 0 aliphatic carbocycles. The number of tetrazole rings is 1. The smallest absolute Gasteiger partial charge is 0.215 e. The van der Waals surface area contributed by atoms with E-state index in [-0.39, 0.29) is 6.04 Å². The van der Waals surface area contributed by atoms with Crippen LogP contribution in [0.1, 0.15) is 19.9 Å². The average molecular weight is 298 g/mol. The second-order valence-corrected chi connectivity index (χ2v) is 5.67. The van der Waals surface area contributed by atoms with Crippen molar-refractivity contribution in [3.63, 3.8) is 0 Å². The molecule has 3 rings (SSSR count). The summed E-state index contributed by atoms with van der Waals surface area (Å²) in [6, 6.07) is 12.0. The van der Waals surface area contributed by atoms with Crippen LogP contribution in [-0.4, -0.2) is 30.2 Å². The van der Waals surface area contributed by atoms with Gasteiger partial charge < -0.3 is 0 Å². The van der Waals surface area contributed by atoms with E-state index in [1.165, 1.54) is 11.8 Å². The van der Waals surface area contributed by atoms with Gasteiger partial charge in [-0.15, -0.1) is 5.10 Å². The zero-order chi connectivity index (χ0) is 14.7. The Morgan fingerprint density at radius 2 is 1.90 bits per heavy atom. The zero-order valence-electron chi connectivity index (χ0n) is 11.7. The lowest BCUT2D eigenvalue weighted by atomic mass is 10.2. The number of rotatable bonds is 4. The highest BCUT2D eigenvalue weighted by molar-refractivity contribution is 7.99. The van der Waals surface area contributed by atoms with E-state index in [1.54, 1.807) is 10.9 Å². The third-order valence-electron chi connectivity index (χ3n) is 2.81. The Balaban J connectivity index is 1.89. The summed E-state index contributed by atoms with van der Waals surface area (Å²) < 4.78 is 1.77. The first-order chi connectivity index (χ1) is 10.2. The van der Waals surface area contributed by atoms with Gasteiger partial charge in [0.25, 0.3) is 0 Å². The highest BCUT2D eigenvalue weighted by Crippen LogP contribution is 2.26. The predicted octanol–water partition coefficient (Wildman–Crippen LogP) is 2.86. The van der Waals surface area contributed by atoms with Gasteiger partial charge in [0.15, 0.2) is 5.82 Å². The molecule has 2 aromatic heterocycles. The molecule has 21 heavy (non-hydrogen) atoms. The molecule has 7 heteroatoms. The largest absolute Gasteiger partial charge is 0.237 e. The molecule has 0 fully saturated rings. The second kappa shape index (κ2) is 6.01. The zero-order valence-corrected chi connectivity index (χ0v) is 12.5. The summed E-state index contributed by atoms with van der Waals surface area (Å²) in [6.45, 7) is 4.07. The predicted molar refractivity (Wildman–Crippen MR) is 79.8 cm³/mol. The highest BCUT2D eigenvalue weighted by Gasteiger charge is 2.12. The van der Waals surface area contributed by atoms with Crippen molar-refractivity contribution in [3.05, 3.63) is 42.6 Å². The number of hydrogen-bond donors (Lipinski definition) is 0. The van der Waals surface area contributed by atoms with Gasteiger partial charge >= 0.3 is 0 Å². The molecule has 0 aliphatic heterocycles. The van der Waals surface area contributed by atoms with Crippen molar-refractivity contribution < 1.29 is 0 Å². The minimum absolute atomic E-state index is 0.206. The Labute approximate surface area is 126 Å². The van der Waals surface area contributed by atoms with E-state index in [0.29, 0.717) is 5.82 Å². The van der Waals surface area contributed by atoms with Crippen LogP contribution in [0.15, 0.2) is 52.8 Å². The summed E-state index contributed by atoms with van der Waals surface area (Å²) in [6.07, 6.45) is 1.75. The molecule has 0 saturated carbocycles. The van der Waals surface area contributed by atoms with E-state index in [0.717, 1.165) is 15.7 Å². The Morgan fingerprint density at radius 3 is 2.67 bits per heavy atom. The maximum Gasteiger partial charge on any atom is 0.215 e. The van der Waals surface area contributed by atoms with Crippen molar-refractivity contribution >= 4 is 11.8 Å². The molecular formula is C14H14N6S. The van der Waals surface area contributed by atoms with Crippen molar-refractivity contribution in [2.24, 2.45) is 0 Å². The van der Waals surface area contributed by atoms with Gasteiger partial charge in [-0.05, 0) is 42.1 Å². The summed E-state index contributed by atoms with van der Waals surface area (Å²) in [7, 11) is 0. The van der Waals surface area contributed by atoms with Crippen LogP contribution in [0.25, 0.3) is 11.4 Å². The molecule has 0 unspecified atom stereocenters. The number of nitrogens with zero attached hydrogens (tertiary/aromatic N) is 6. The summed E-state index contributed by atoms with van der Waals surface area (Å²) >= 11 is 1.43. The van der Waals surface area contributed by atoms with E-state index in [2.05, 4.69) is 25.5 Å². The number of benzene rings is 1. The lowest BCUT2D eigenvalue weighted by Crippen LogP contribution is -2.04. The minimum atomic E-state index is 0.206. The Kier molecular flexibility index (Phi) is 3.92. The molecule has 0 atom stereocenters. The topological polar surface area (TPSA) is 69.4 Å². The molecule has 0 spiro atoms. The Bertz CT molecular complexity index is 725. The van der Waals surface area contributed by atoms with Crippen molar-refractivity contribution in [2.75, 3.05) is 0 Å². The number of aromatic nitrogens is 6. The van der Waals surface area contributed by atoms with Gasteiger partial charge in [0.1, 0.15) is 5.03 Å². The molecule has 2 heterocycles. The lowest BCUT2D eigenvalue weighted by molar-refractivity contribution is 0.477. The van der Waals surface area contributed by atoms with E-state index in [9.17, 15) is 0 Å². The SMILES string of the molecule is CC(C)n1nnnc1Sc1ccnc(-c2ccccc2)n1. The molecule has 106 valence electrons. The molecule has 0 radical (unpaired) electrons. The molecular weight excluding hydrogens is 284 g/mol. The summed E-state index contributed by atoms with van der Waals surface area (Å²) in [5.41, 5.74) is 0.989. The standard InChI is InChI=1S/C14H14N6S/c1-10(2)20-14(17-18-19-20)21-12-8-9-15-13(16-12)11-6-4-3-5-7-11/h3-10H,1-2H3. The molecule has 0 amide bonds. The maximum atomic E-state index is 4.56. The van der Waals surface area contributed by atoms with Crippen LogP contribution in [0.3, 0.4) is 0 Å². The second-order valence-electron chi connectivity index (χ2n) is 4.69.